The Morgan fingerprint density at radius 1 is 1.43 bits per heavy atom. The van der Waals surface area contributed by atoms with E-state index in [0.717, 1.165) is 18.7 Å². The second kappa shape index (κ2) is 10.6. The van der Waals surface area contributed by atoms with E-state index < -0.39 is 0 Å². The van der Waals surface area contributed by atoms with Crippen LogP contribution in [0.2, 0.25) is 10.0 Å². The SMILES string of the molecule is CSCC(=O)NC[C@H]1CNCCO[C@@H]1c1ccc(Cl)c(Cl)c1.Cl. The summed E-state index contributed by atoms with van der Waals surface area (Å²) in [6.07, 6.45) is 1.80. The molecular weight excluding hydrogens is 379 g/mol. The van der Waals surface area contributed by atoms with Crippen LogP contribution in [0.5, 0.6) is 0 Å². The molecule has 0 aliphatic carbocycles. The standard InChI is InChI=1S/C15H20Cl2N2O2S.ClH/c1-22-9-14(20)19-8-11-7-18-4-5-21-15(11)10-2-3-12(16)13(17)6-10;/h2-3,6,11,15,18H,4-5,7-9H2,1H3,(H,19,20);1H/t11-,15-;/m1./s1. The maximum Gasteiger partial charge on any atom is 0.229 e. The maximum atomic E-state index is 11.7. The lowest BCUT2D eigenvalue weighted by Crippen LogP contribution is -2.37. The van der Waals surface area contributed by atoms with Crippen molar-refractivity contribution >= 4 is 53.3 Å². The normalized spacial score (nSPS) is 21.2. The molecule has 2 atom stereocenters. The molecule has 1 aromatic carbocycles. The quantitative estimate of drug-likeness (QED) is 0.798. The number of ether oxygens (including phenoxy) is 1. The highest BCUT2D eigenvalue weighted by Gasteiger charge is 2.27. The van der Waals surface area contributed by atoms with Gasteiger partial charge in [0.2, 0.25) is 5.91 Å². The summed E-state index contributed by atoms with van der Waals surface area (Å²) in [5, 5.41) is 7.35. The molecule has 1 aromatic rings. The van der Waals surface area contributed by atoms with Gasteiger partial charge in [-0.3, -0.25) is 4.79 Å². The lowest BCUT2D eigenvalue weighted by atomic mass is 9.95. The van der Waals surface area contributed by atoms with E-state index in [1.54, 1.807) is 6.07 Å². The molecule has 1 amide bonds. The van der Waals surface area contributed by atoms with Gasteiger partial charge in [0.1, 0.15) is 0 Å². The number of hydrogen-bond acceptors (Lipinski definition) is 4. The van der Waals surface area contributed by atoms with Crippen molar-refractivity contribution in [2.75, 3.05) is 38.2 Å². The van der Waals surface area contributed by atoms with Gasteiger partial charge in [-0.2, -0.15) is 11.8 Å². The second-order valence-electron chi connectivity index (χ2n) is 5.17. The van der Waals surface area contributed by atoms with Gasteiger partial charge >= 0.3 is 0 Å². The fourth-order valence-corrected chi connectivity index (χ4v) is 3.12. The summed E-state index contributed by atoms with van der Waals surface area (Å²) < 4.78 is 5.97. The first-order chi connectivity index (χ1) is 10.6. The molecule has 0 saturated carbocycles. The Balaban J connectivity index is 0.00000264. The van der Waals surface area contributed by atoms with Crippen molar-refractivity contribution in [2.24, 2.45) is 5.92 Å². The minimum absolute atomic E-state index is 0. The highest BCUT2D eigenvalue weighted by Crippen LogP contribution is 2.31. The molecule has 2 rings (SSSR count). The van der Waals surface area contributed by atoms with Gasteiger partial charge in [-0.05, 0) is 24.0 Å². The molecule has 0 bridgehead atoms. The van der Waals surface area contributed by atoms with E-state index in [0.29, 0.717) is 28.9 Å². The lowest BCUT2D eigenvalue weighted by Gasteiger charge is -2.25. The Labute approximate surface area is 157 Å². The molecular formula is C15H21Cl3N2O2S. The van der Waals surface area contributed by atoms with Crippen LogP contribution in [0.4, 0.5) is 0 Å². The first kappa shape index (κ1) is 20.9. The van der Waals surface area contributed by atoms with Crippen molar-refractivity contribution in [1.29, 1.82) is 0 Å². The second-order valence-corrected chi connectivity index (χ2v) is 6.85. The minimum Gasteiger partial charge on any atom is -0.372 e. The molecule has 1 heterocycles. The van der Waals surface area contributed by atoms with Crippen LogP contribution in [0.15, 0.2) is 18.2 Å². The molecule has 2 N–H and O–H groups in total. The minimum atomic E-state index is -0.112. The predicted octanol–water partition coefficient (Wildman–Crippen LogP) is 3.17. The number of carbonyl (C=O) groups excluding carboxylic acids is 1. The molecule has 8 heteroatoms. The van der Waals surface area contributed by atoms with E-state index in [9.17, 15) is 4.79 Å². The van der Waals surface area contributed by atoms with Crippen LogP contribution in [-0.4, -0.2) is 44.2 Å². The van der Waals surface area contributed by atoms with E-state index in [-0.39, 0.29) is 30.3 Å². The Kier molecular flexibility index (Phi) is 9.66. The molecule has 130 valence electrons. The van der Waals surface area contributed by atoms with Gasteiger partial charge in [0, 0.05) is 25.6 Å². The van der Waals surface area contributed by atoms with E-state index in [1.165, 1.54) is 11.8 Å². The fourth-order valence-electron chi connectivity index (χ4n) is 2.45. The molecule has 0 radical (unpaired) electrons. The Morgan fingerprint density at radius 3 is 2.91 bits per heavy atom. The fraction of sp³-hybridized carbons (Fsp3) is 0.533. The third-order valence-corrected chi connectivity index (χ3v) is 4.81. The number of carbonyl (C=O) groups is 1. The number of halogens is 3. The summed E-state index contributed by atoms with van der Waals surface area (Å²) in [6.45, 7) is 2.77. The average Bonchev–Trinajstić information content (AvgIpc) is 2.74. The summed E-state index contributed by atoms with van der Waals surface area (Å²) in [6, 6.07) is 5.56. The summed E-state index contributed by atoms with van der Waals surface area (Å²) in [4.78, 5) is 11.7. The van der Waals surface area contributed by atoms with E-state index in [4.69, 9.17) is 27.9 Å². The summed E-state index contributed by atoms with van der Waals surface area (Å²) in [5.74, 6) is 0.661. The number of amides is 1. The number of rotatable bonds is 5. The monoisotopic (exact) mass is 398 g/mol. The molecule has 0 spiro atoms. The molecule has 0 aromatic heterocycles. The summed E-state index contributed by atoms with van der Waals surface area (Å²) in [7, 11) is 0. The van der Waals surface area contributed by atoms with Crippen molar-refractivity contribution in [3.8, 4) is 0 Å². The van der Waals surface area contributed by atoms with Crippen LogP contribution in [0.1, 0.15) is 11.7 Å². The molecule has 1 aliphatic rings. The molecule has 1 fully saturated rings. The Hall–Kier alpha value is -0.170. The first-order valence-electron chi connectivity index (χ1n) is 7.14. The van der Waals surface area contributed by atoms with Gasteiger partial charge in [0.25, 0.3) is 0 Å². The number of thioether (sulfide) groups is 1. The highest BCUT2D eigenvalue weighted by atomic mass is 35.5. The van der Waals surface area contributed by atoms with Gasteiger partial charge in [-0.1, -0.05) is 29.3 Å². The topological polar surface area (TPSA) is 50.4 Å². The van der Waals surface area contributed by atoms with Crippen LogP contribution >= 0.6 is 47.4 Å². The van der Waals surface area contributed by atoms with Gasteiger partial charge < -0.3 is 15.4 Å². The average molecular weight is 400 g/mol. The third-order valence-electron chi connectivity index (χ3n) is 3.52. The van der Waals surface area contributed by atoms with Crippen molar-refractivity contribution in [1.82, 2.24) is 10.6 Å². The highest BCUT2D eigenvalue weighted by molar-refractivity contribution is 7.99. The van der Waals surface area contributed by atoms with Crippen LogP contribution < -0.4 is 10.6 Å². The van der Waals surface area contributed by atoms with Gasteiger partial charge in [0.15, 0.2) is 0 Å². The summed E-state index contributed by atoms with van der Waals surface area (Å²) in [5.41, 5.74) is 0.988. The molecule has 0 unspecified atom stereocenters. The Bertz CT molecular complexity index is 519. The third kappa shape index (κ3) is 6.33. The largest absolute Gasteiger partial charge is 0.372 e. The van der Waals surface area contributed by atoms with E-state index in [1.807, 2.05) is 18.4 Å². The molecule has 4 nitrogen and oxygen atoms in total. The molecule has 23 heavy (non-hydrogen) atoms. The lowest BCUT2D eigenvalue weighted by molar-refractivity contribution is -0.118. The maximum absolute atomic E-state index is 11.7. The zero-order valence-corrected chi connectivity index (χ0v) is 16.0. The van der Waals surface area contributed by atoms with Crippen LogP contribution in [-0.2, 0) is 9.53 Å². The van der Waals surface area contributed by atoms with Crippen molar-refractivity contribution in [3.05, 3.63) is 33.8 Å². The zero-order chi connectivity index (χ0) is 15.9. The number of nitrogens with one attached hydrogen (secondary N) is 2. The van der Waals surface area contributed by atoms with Crippen LogP contribution in [0.25, 0.3) is 0 Å². The smallest absolute Gasteiger partial charge is 0.229 e. The Morgan fingerprint density at radius 2 is 2.22 bits per heavy atom. The van der Waals surface area contributed by atoms with E-state index >= 15 is 0 Å². The van der Waals surface area contributed by atoms with Crippen molar-refractivity contribution < 1.29 is 9.53 Å². The van der Waals surface area contributed by atoms with Crippen LogP contribution in [0.3, 0.4) is 0 Å². The summed E-state index contributed by atoms with van der Waals surface area (Å²) >= 11 is 13.6. The van der Waals surface area contributed by atoms with Gasteiger partial charge in [-0.15, -0.1) is 12.4 Å². The zero-order valence-electron chi connectivity index (χ0n) is 12.8. The number of benzene rings is 1. The van der Waals surface area contributed by atoms with E-state index in [2.05, 4.69) is 10.6 Å². The van der Waals surface area contributed by atoms with Crippen LogP contribution in [0, 0.1) is 5.92 Å². The van der Waals surface area contributed by atoms with Gasteiger partial charge in [0.05, 0.1) is 28.5 Å². The predicted molar refractivity (Wildman–Crippen MR) is 100 cm³/mol. The molecule has 1 saturated heterocycles. The van der Waals surface area contributed by atoms with Crippen molar-refractivity contribution in [2.45, 2.75) is 6.10 Å². The number of hydrogen-bond donors (Lipinski definition) is 2. The first-order valence-corrected chi connectivity index (χ1v) is 9.29. The van der Waals surface area contributed by atoms with Crippen molar-refractivity contribution in [3.63, 3.8) is 0 Å². The van der Waals surface area contributed by atoms with Gasteiger partial charge in [-0.25, -0.2) is 0 Å². The molecule has 1 aliphatic heterocycles.